The lowest BCUT2D eigenvalue weighted by Gasteiger charge is -2.21. The summed E-state index contributed by atoms with van der Waals surface area (Å²) in [6.45, 7) is 9.61. The number of hydrogen-bond donors (Lipinski definition) is 3. The molecule has 0 spiro atoms. The number of esters is 4. The van der Waals surface area contributed by atoms with E-state index in [0.717, 1.165) is 102 Å². The zero-order chi connectivity index (χ0) is 69.3. The summed E-state index contributed by atoms with van der Waals surface area (Å²) >= 11 is 0. The zero-order valence-corrected chi connectivity index (χ0v) is 63.1. The Kier molecular flexibility index (Phi) is 65.5. The molecule has 0 fully saturated rings. The molecule has 558 valence electrons. The molecule has 0 aromatic heterocycles. The van der Waals surface area contributed by atoms with Crippen molar-refractivity contribution in [3.8, 4) is 0 Å². The van der Waals surface area contributed by atoms with E-state index < -0.39 is 97.5 Å². The van der Waals surface area contributed by atoms with E-state index in [1.165, 1.54) is 205 Å². The van der Waals surface area contributed by atoms with Crippen LogP contribution in [0.1, 0.15) is 388 Å². The molecule has 0 rings (SSSR count). The number of aliphatic hydroxyl groups is 1. The van der Waals surface area contributed by atoms with Gasteiger partial charge in [0.2, 0.25) is 0 Å². The molecule has 0 amide bonds. The van der Waals surface area contributed by atoms with Gasteiger partial charge in [-0.25, -0.2) is 9.13 Å². The van der Waals surface area contributed by atoms with Crippen molar-refractivity contribution < 1.29 is 80.2 Å². The number of hydrogen-bond acceptors (Lipinski definition) is 15. The molecule has 0 aliphatic carbocycles. The molecular weight excluding hydrogens is 1230 g/mol. The van der Waals surface area contributed by atoms with Gasteiger partial charge in [0.25, 0.3) is 0 Å². The maximum atomic E-state index is 13.1. The van der Waals surface area contributed by atoms with Crippen molar-refractivity contribution in [3.63, 3.8) is 0 Å². The second kappa shape index (κ2) is 66.9. The minimum absolute atomic E-state index is 0.108. The summed E-state index contributed by atoms with van der Waals surface area (Å²) in [5.74, 6) is -0.543. The number of carbonyl (C=O) groups excluding carboxylic acids is 4. The topological polar surface area (TPSA) is 237 Å². The Morgan fingerprint density at radius 3 is 0.723 bits per heavy atom. The predicted octanol–water partition coefficient (Wildman–Crippen LogP) is 21.9. The first kappa shape index (κ1) is 92.1. The van der Waals surface area contributed by atoms with E-state index >= 15 is 0 Å². The molecule has 3 N–H and O–H groups in total. The van der Waals surface area contributed by atoms with Crippen LogP contribution in [0.2, 0.25) is 0 Å². The Bertz CT molecular complexity index is 1820. The van der Waals surface area contributed by atoms with Crippen LogP contribution in [0.15, 0.2) is 0 Å². The minimum Gasteiger partial charge on any atom is -0.462 e. The van der Waals surface area contributed by atoms with Gasteiger partial charge in [0.05, 0.1) is 26.4 Å². The van der Waals surface area contributed by atoms with E-state index in [-0.39, 0.29) is 25.7 Å². The highest BCUT2D eigenvalue weighted by Gasteiger charge is 2.30. The van der Waals surface area contributed by atoms with Gasteiger partial charge >= 0.3 is 39.5 Å². The maximum Gasteiger partial charge on any atom is 0.472 e. The van der Waals surface area contributed by atoms with Crippen LogP contribution in [-0.2, 0) is 65.4 Å². The van der Waals surface area contributed by atoms with Gasteiger partial charge in [-0.2, -0.15) is 0 Å². The van der Waals surface area contributed by atoms with Gasteiger partial charge in [-0.3, -0.25) is 37.3 Å². The van der Waals surface area contributed by atoms with Crippen molar-refractivity contribution in [3.05, 3.63) is 0 Å². The standard InChI is InChI=1S/C75H146O17P2/c1-7-9-11-13-15-17-18-22-28-35-41-47-53-59-74(79)91-70(63-85-72(77)57-51-45-39-31-16-14-12-10-8-2)65-89-93(81,82)87-61-69(76)62-88-94(83,84)90-66-71(64-86-73(78)58-52-46-40-34-30-25-27-33-38-44-50-56-68(5)6)92-75(80)60-54-48-42-36-29-24-21-19-20-23-26-32-37-43-49-55-67(3)4/h67-71,76H,7-66H2,1-6H3,(H,81,82)(H,83,84)/t69-,70+,71+/m0/s1. The first-order chi connectivity index (χ1) is 45.4. The number of unbranched alkanes of at least 4 members (excludes halogenated alkanes) is 44. The molecule has 5 atom stereocenters. The Hall–Kier alpha value is -1.94. The van der Waals surface area contributed by atoms with Gasteiger partial charge in [-0.15, -0.1) is 0 Å². The second-order valence-corrected chi connectivity index (χ2v) is 30.9. The normalized spacial score (nSPS) is 14.0. The van der Waals surface area contributed by atoms with Crippen LogP contribution >= 0.6 is 15.6 Å². The van der Waals surface area contributed by atoms with Crippen LogP contribution in [0.4, 0.5) is 0 Å². The van der Waals surface area contributed by atoms with Crippen molar-refractivity contribution in [2.45, 2.75) is 407 Å². The lowest BCUT2D eigenvalue weighted by atomic mass is 10.0. The smallest absolute Gasteiger partial charge is 0.462 e. The minimum atomic E-state index is -4.96. The molecule has 19 heteroatoms. The molecule has 0 aliphatic heterocycles. The number of phosphoric acid groups is 2. The Morgan fingerprint density at radius 2 is 0.489 bits per heavy atom. The fourth-order valence-corrected chi connectivity index (χ4v) is 13.1. The van der Waals surface area contributed by atoms with Crippen LogP contribution in [-0.4, -0.2) is 96.7 Å². The van der Waals surface area contributed by atoms with E-state index in [4.69, 9.17) is 37.0 Å². The van der Waals surface area contributed by atoms with Gasteiger partial charge in [-0.05, 0) is 37.5 Å². The van der Waals surface area contributed by atoms with Crippen molar-refractivity contribution >= 4 is 39.5 Å². The lowest BCUT2D eigenvalue weighted by molar-refractivity contribution is -0.161. The summed E-state index contributed by atoms with van der Waals surface area (Å²) in [6.07, 6.45) is 54.0. The molecule has 0 aromatic carbocycles. The van der Waals surface area contributed by atoms with Crippen molar-refractivity contribution in [2.75, 3.05) is 39.6 Å². The van der Waals surface area contributed by atoms with Crippen molar-refractivity contribution in [2.24, 2.45) is 11.8 Å². The van der Waals surface area contributed by atoms with Crippen molar-refractivity contribution in [1.29, 1.82) is 0 Å². The summed E-state index contributed by atoms with van der Waals surface area (Å²) in [4.78, 5) is 72.7. The summed E-state index contributed by atoms with van der Waals surface area (Å²) in [5, 5.41) is 10.6. The third-order valence-electron chi connectivity index (χ3n) is 17.5. The predicted molar refractivity (Wildman–Crippen MR) is 381 cm³/mol. The first-order valence-electron chi connectivity index (χ1n) is 39.0. The molecule has 94 heavy (non-hydrogen) atoms. The van der Waals surface area contributed by atoms with Gasteiger partial charge in [0, 0.05) is 25.7 Å². The van der Waals surface area contributed by atoms with E-state index in [1.807, 2.05) is 0 Å². The van der Waals surface area contributed by atoms with Crippen molar-refractivity contribution in [1.82, 2.24) is 0 Å². The quantitative estimate of drug-likeness (QED) is 0.0222. The monoisotopic (exact) mass is 1380 g/mol. The summed E-state index contributed by atoms with van der Waals surface area (Å²) in [5.41, 5.74) is 0. The fraction of sp³-hybridized carbons (Fsp3) is 0.947. The first-order valence-corrected chi connectivity index (χ1v) is 42.0. The number of carbonyl (C=O) groups is 4. The van der Waals surface area contributed by atoms with Crippen LogP contribution in [0.5, 0.6) is 0 Å². The number of aliphatic hydroxyl groups excluding tert-OH is 1. The van der Waals surface area contributed by atoms with Gasteiger partial charge < -0.3 is 33.8 Å². The third-order valence-corrected chi connectivity index (χ3v) is 19.4. The number of rotatable bonds is 74. The van der Waals surface area contributed by atoms with E-state index in [1.54, 1.807) is 0 Å². The zero-order valence-electron chi connectivity index (χ0n) is 61.3. The third kappa shape index (κ3) is 68.6. The van der Waals surface area contributed by atoms with E-state index in [0.29, 0.717) is 25.7 Å². The average molecular weight is 1380 g/mol. The molecule has 0 saturated carbocycles. The molecule has 2 unspecified atom stereocenters. The highest BCUT2D eigenvalue weighted by molar-refractivity contribution is 7.47. The van der Waals surface area contributed by atoms with E-state index in [9.17, 15) is 43.2 Å². The number of ether oxygens (including phenoxy) is 4. The Morgan fingerprint density at radius 1 is 0.287 bits per heavy atom. The fourth-order valence-electron chi connectivity index (χ4n) is 11.5. The molecule has 0 aromatic rings. The lowest BCUT2D eigenvalue weighted by Crippen LogP contribution is -2.30. The molecule has 0 radical (unpaired) electrons. The Balaban J connectivity index is 5.23. The summed E-state index contributed by atoms with van der Waals surface area (Å²) in [6, 6.07) is 0. The van der Waals surface area contributed by atoms with Crippen LogP contribution in [0.25, 0.3) is 0 Å². The summed E-state index contributed by atoms with van der Waals surface area (Å²) in [7, 11) is -9.91. The van der Waals surface area contributed by atoms with Gasteiger partial charge in [-0.1, -0.05) is 337 Å². The molecule has 0 heterocycles. The van der Waals surface area contributed by atoms with Crippen LogP contribution in [0.3, 0.4) is 0 Å². The second-order valence-electron chi connectivity index (χ2n) is 28.0. The largest absolute Gasteiger partial charge is 0.472 e. The molecule has 0 bridgehead atoms. The SMILES string of the molecule is CCCCCCCCCCCCCCCC(=O)O[C@H](COC(=O)CCCCCCCCCCC)COP(=O)(O)OC[C@H](O)COP(=O)(O)OC[C@@H](COC(=O)CCCCCCCCCCCCCC(C)C)OC(=O)CCCCCCCCCCCCCCCCCC(C)C. The molecule has 17 nitrogen and oxygen atoms in total. The van der Waals surface area contributed by atoms with Gasteiger partial charge in [0.15, 0.2) is 12.2 Å². The van der Waals surface area contributed by atoms with Gasteiger partial charge in [0.1, 0.15) is 19.3 Å². The van der Waals surface area contributed by atoms with E-state index in [2.05, 4.69) is 41.5 Å². The average Bonchev–Trinajstić information content (AvgIpc) is 1.73. The Labute approximate surface area is 575 Å². The van der Waals surface area contributed by atoms with Crippen LogP contribution < -0.4 is 0 Å². The highest BCUT2D eigenvalue weighted by Crippen LogP contribution is 2.45. The number of phosphoric ester groups is 2. The maximum absolute atomic E-state index is 13.1. The summed E-state index contributed by atoms with van der Waals surface area (Å²) < 4.78 is 68.5. The molecule has 0 aliphatic rings. The van der Waals surface area contributed by atoms with Crippen LogP contribution in [0, 0.1) is 11.8 Å². The molecular formula is C75H146O17P2. The highest BCUT2D eigenvalue weighted by atomic mass is 31.2. The molecule has 0 saturated heterocycles.